The molecule has 73 heavy (non-hydrogen) atoms. The molecule has 19 nitrogen and oxygen atoms in total. The molecule has 6 fully saturated rings. The fourth-order valence-corrected chi connectivity index (χ4v) is 11.2. The molecule has 12 atom stereocenters. The molecule has 0 unspecified atom stereocenters. The summed E-state index contributed by atoms with van der Waals surface area (Å²) in [6.45, 7) is 4.79. The average Bonchev–Trinajstić information content (AvgIpc) is 4.26. The predicted molar refractivity (Wildman–Crippen MR) is 276 cm³/mol. The summed E-state index contributed by atoms with van der Waals surface area (Å²) in [5.41, 5.74) is 3.30. The molecule has 0 spiro atoms. The first kappa shape index (κ1) is 51.3. The third-order valence-corrected chi connectivity index (χ3v) is 15.9. The lowest BCUT2D eigenvalue weighted by molar-refractivity contribution is -0.144. The smallest absolute Gasteiger partial charge is 0.321 e. The van der Waals surface area contributed by atoms with Crippen LogP contribution in [0.2, 0.25) is 0 Å². The van der Waals surface area contributed by atoms with Gasteiger partial charge < -0.3 is 62.1 Å². The molecule has 2 aliphatic carbocycles. The molecule has 9 rings (SSSR count). The molecule has 19 heteroatoms. The Labute approximate surface area is 427 Å². The van der Waals surface area contributed by atoms with E-state index in [4.69, 9.17) is 0 Å². The van der Waals surface area contributed by atoms with Crippen molar-refractivity contribution in [3.05, 3.63) is 96.1 Å². The van der Waals surface area contributed by atoms with Crippen molar-refractivity contribution in [1.29, 1.82) is 0 Å². The molecule has 0 radical (unpaired) electrons. The number of urea groups is 2. The van der Waals surface area contributed by atoms with Gasteiger partial charge in [-0.1, -0.05) is 60.7 Å². The SMILES string of the molecule is CN[C@@H](C)C(=O)N[C@H]1CN(C(=O)Nc2ccc(NC(=O)N3CC[C@H]4CC[C@@H](C(=O)N[C@H]5C[C@@H]5c5ccccc5)N4C(=O)[C@@H](NC[C@H](C)NC)C3)cc2)CC[C@H]2CC[C@@H](C(=O)N[C@H]3C[C@@H]3c3ccccc3)N2C1=O. The van der Waals surface area contributed by atoms with Crippen LogP contribution in [0.3, 0.4) is 0 Å². The van der Waals surface area contributed by atoms with Crippen molar-refractivity contribution in [1.82, 2.24) is 51.5 Å². The molecule has 6 aliphatic rings. The van der Waals surface area contributed by atoms with E-state index in [1.807, 2.05) is 50.4 Å². The highest BCUT2D eigenvalue weighted by molar-refractivity contribution is 5.96. The monoisotopic (exact) mass is 1000 g/mol. The summed E-state index contributed by atoms with van der Waals surface area (Å²) in [6, 6.07) is 21.9. The lowest BCUT2D eigenvalue weighted by Crippen LogP contribution is -2.62. The molecule has 4 saturated heterocycles. The first-order valence-corrected chi connectivity index (χ1v) is 26.2. The molecule has 3 aromatic carbocycles. The van der Waals surface area contributed by atoms with Crippen LogP contribution in [0.5, 0.6) is 0 Å². The van der Waals surface area contributed by atoms with Crippen molar-refractivity contribution in [2.75, 3.05) is 57.5 Å². The highest BCUT2D eigenvalue weighted by Crippen LogP contribution is 2.42. The summed E-state index contributed by atoms with van der Waals surface area (Å²) in [5.74, 6) is -0.811. The fourth-order valence-electron chi connectivity index (χ4n) is 11.2. The zero-order chi connectivity index (χ0) is 51.3. The first-order valence-electron chi connectivity index (χ1n) is 26.2. The number of hydrogen-bond acceptors (Lipinski definition) is 10. The van der Waals surface area contributed by atoms with E-state index in [0.29, 0.717) is 63.0 Å². The van der Waals surface area contributed by atoms with E-state index in [9.17, 15) is 33.6 Å². The summed E-state index contributed by atoms with van der Waals surface area (Å²) in [5, 5.41) is 24.7. The van der Waals surface area contributed by atoms with Crippen LogP contribution < -0.4 is 42.5 Å². The number of carbonyl (C=O) groups is 7. The molecule has 4 heterocycles. The normalized spacial score (nSPS) is 28.5. The highest BCUT2D eigenvalue weighted by Gasteiger charge is 2.50. The average molecular weight is 1000 g/mol. The lowest BCUT2D eigenvalue weighted by atomic mass is 10.1. The Hall–Kier alpha value is -6.57. The van der Waals surface area contributed by atoms with Gasteiger partial charge in [0.25, 0.3) is 0 Å². The molecule has 3 aromatic rings. The second-order valence-electron chi connectivity index (χ2n) is 20.9. The van der Waals surface area contributed by atoms with Gasteiger partial charge in [0, 0.05) is 79.6 Å². The molecule has 0 aromatic heterocycles. The van der Waals surface area contributed by atoms with Gasteiger partial charge in [-0.05, 0) is 115 Å². The molecule has 2 saturated carbocycles. The largest absolute Gasteiger partial charge is 0.351 e. The predicted octanol–water partition coefficient (Wildman–Crippen LogP) is 2.88. The molecule has 9 amide bonds. The number of nitrogens with zero attached hydrogens (tertiary/aromatic N) is 4. The molecular formula is C54H72N12O7. The quantitative estimate of drug-likeness (QED) is 0.111. The topological polar surface area (TPSA) is 229 Å². The van der Waals surface area contributed by atoms with E-state index >= 15 is 0 Å². The Morgan fingerprint density at radius 1 is 0.562 bits per heavy atom. The van der Waals surface area contributed by atoms with Gasteiger partial charge >= 0.3 is 12.1 Å². The molecule has 0 bridgehead atoms. The zero-order valence-corrected chi connectivity index (χ0v) is 42.4. The number of anilines is 2. The van der Waals surface area contributed by atoms with E-state index in [1.165, 1.54) is 16.0 Å². The van der Waals surface area contributed by atoms with E-state index in [-0.39, 0.29) is 85.4 Å². The van der Waals surface area contributed by atoms with Gasteiger partial charge in [-0.2, -0.15) is 0 Å². The third-order valence-electron chi connectivity index (χ3n) is 15.9. The summed E-state index contributed by atoms with van der Waals surface area (Å²) in [4.78, 5) is 104. The van der Waals surface area contributed by atoms with Crippen LogP contribution in [-0.4, -0.2) is 168 Å². The summed E-state index contributed by atoms with van der Waals surface area (Å²) < 4.78 is 0. The molecule has 8 N–H and O–H groups in total. The van der Waals surface area contributed by atoms with Crippen LogP contribution in [0.15, 0.2) is 84.9 Å². The van der Waals surface area contributed by atoms with Crippen LogP contribution in [-0.2, 0) is 24.0 Å². The molecule has 4 aliphatic heterocycles. The van der Waals surface area contributed by atoms with Crippen molar-refractivity contribution in [3.8, 4) is 0 Å². The van der Waals surface area contributed by atoms with Crippen LogP contribution >= 0.6 is 0 Å². The van der Waals surface area contributed by atoms with Crippen molar-refractivity contribution in [2.45, 2.75) is 137 Å². The summed E-state index contributed by atoms with van der Waals surface area (Å²) in [7, 11) is 3.49. The minimum absolute atomic E-state index is 0.00449. The Balaban J connectivity index is 0.814. The number of benzene rings is 3. The van der Waals surface area contributed by atoms with E-state index in [1.54, 1.807) is 52.9 Å². The van der Waals surface area contributed by atoms with Gasteiger partial charge in [-0.25, -0.2) is 9.59 Å². The minimum atomic E-state index is -1.10. The van der Waals surface area contributed by atoms with Gasteiger partial charge in [0.1, 0.15) is 24.2 Å². The van der Waals surface area contributed by atoms with Crippen LogP contribution in [0.25, 0.3) is 0 Å². The number of rotatable bonds is 15. The van der Waals surface area contributed by atoms with Crippen molar-refractivity contribution >= 4 is 53.0 Å². The molecular weight excluding hydrogens is 929 g/mol. The van der Waals surface area contributed by atoms with Crippen LogP contribution in [0.4, 0.5) is 21.0 Å². The van der Waals surface area contributed by atoms with Gasteiger partial charge in [0.15, 0.2) is 0 Å². The fraction of sp³-hybridized carbons (Fsp3) is 0.537. The van der Waals surface area contributed by atoms with Crippen molar-refractivity contribution in [2.24, 2.45) is 0 Å². The standard InChI is InChI=1S/C54H72N12O7/c1-32(55-3)29-57-44-30-63(25-23-38-19-21-46(65(38)51(44)70)49(68)60-42-27-40(42)34-11-7-5-8-12-34)53(72)58-36-15-17-37(18-16-36)59-54(73)64-26-24-39-20-22-47(50(69)61-43-28-41(43)35-13-9-6-10-14-35)66(39)52(71)45(31-64)62-48(67)33(2)56-4/h5-18,32-33,38-47,55-57H,19-31H2,1-4H3,(H,58,72)(H,59,73)(H,60,68)(H,61,69)(H,62,67)/t32-,33-,38+,39+,40+,41+,42-,43-,44-,45-,46-,47-/m0/s1. The van der Waals surface area contributed by atoms with Gasteiger partial charge in [-0.3, -0.25) is 24.0 Å². The number of hydrogen-bond donors (Lipinski definition) is 8. The van der Waals surface area contributed by atoms with E-state index in [2.05, 4.69) is 66.8 Å². The highest BCUT2D eigenvalue weighted by atomic mass is 16.2. The van der Waals surface area contributed by atoms with Gasteiger partial charge in [0.2, 0.25) is 29.5 Å². The summed E-state index contributed by atoms with van der Waals surface area (Å²) >= 11 is 0. The molecule has 390 valence electrons. The second kappa shape index (κ2) is 22.7. The number of carbonyl (C=O) groups excluding carboxylic acids is 7. The Bertz CT molecular complexity index is 2480. The van der Waals surface area contributed by atoms with Crippen LogP contribution in [0.1, 0.15) is 88.2 Å². The first-order chi connectivity index (χ1) is 35.3. The van der Waals surface area contributed by atoms with E-state index in [0.717, 1.165) is 12.8 Å². The maximum absolute atomic E-state index is 14.5. The summed E-state index contributed by atoms with van der Waals surface area (Å²) in [6.07, 6.45) is 4.96. The maximum Gasteiger partial charge on any atom is 0.321 e. The maximum atomic E-state index is 14.5. The van der Waals surface area contributed by atoms with Crippen molar-refractivity contribution < 1.29 is 33.6 Å². The van der Waals surface area contributed by atoms with Crippen molar-refractivity contribution in [3.63, 3.8) is 0 Å². The van der Waals surface area contributed by atoms with Crippen LogP contribution in [0, 0.1) is 0 Å². The number of likely N-dealkylation sites (N-methyl/N-ethyl adjacent to an activating group) is 2. The van der Waals surface area contributed by atoms with E-state index < -0.39 is 48.1 Å². The second-order valence-corrected chi connectivity index (χ2v) is 20.9. The minimum Gasteiger partial charge on any atom is -0.351 e. The Morgan fingerprint density at radius 2 is 1.01 bits per heavy atom. The number of nitrogens with one attached hydrogen (secondary N) is 8. The van der Waals surface area contributed by atoms with Gasteiger partial charge in [-0.15, -0.1) is 0 Å². The lowest BCUT2D eigenvalue weighted by Gasteiger charge is -2.39. The number of amides is 9. The Morgan fingerprint density at radius 3 is 1.47 bits per heavy atom. The van der Waals surface area contributed by atoms with Gasteiger partial charge in [0.05, 0.1) is 12.6 Å². The number of fused-ring (bicyclic) bond motifs is 2. The zero-order valence-electron chi connectivity index (χ0n) is 42.4. The Kier molecular flexibility index (Phi) is 16.0. The third kappa shape index (κ3) is 11.9.